The lowest BCUT2D eigenvalue weighted by Crippen LogP contribution is -2.44. The Balaban J connectivity index is 1.01. The molecule has 190 valence electrons. The maximum Gasteiger partial charge on any atom is 0.257 e. The SMILES string of the molecule is CN1CC2(CCN(Cc3ccc(COc4ccc(C5=CC(=O)NS5=O)cc4)cc3)CC2)c2ccccc21. The van der Waals surface area contributed by atoms with Gasteiger partial charge in [0.25, 0.3) is 5.91 Å². The number of likely N-dealkylation sites (N-methyl/N-ethyl adjacent to an activating group) is 1. The number of hydrogen-bond donors (Lipinski definition) is 1. The van der Waals surface area contributed by atoms with Crippen LogP contribution in [0.1, 0.15) is 35.1 Å². The predicted octanol–water partition coefficient (Wildman–Crippen LogP) is 4.38. The van der Waals surface area contributed by atoms with E-state index in [0.717, 1.165) is 43.1 Å². The molecule has 0 radical (unpaired) electrons. The molecular formula is C30H31N3O3S. The van der Waals surface area contributed by atoms with Gasteiger partial charge in [0.1, 0.15) is 12.4 Å². The lowest BCUT2D eigenvalue weighted by Gasteiger charge is -2.40. The molecule has 7 heteroatoms. The van der Waals surface area contributed by atoms with E-state index in [1.165, 1.54) is 35.7 Å². The zero-order chi connectivity index (χ0) is 25.4. The van der Waals surface area contributed by atoms with Crippen LogP contribution in [0.5, 0.6) is 5.75 Å². The molecule has 1 N–H and O–H groups in total. The van der Waals surface area contributed by atoms with Crippen LogP contribution < -0.4 is 14.4 Å². The Kier molecular flexibility index (Phi) is 6.34. The number of hydrogen-bond acceptors (Lipinski definition) is 5. The van der Waals surface area contributed by atoms with E-state index in [4.69, 9.17) is 4.74 Å². The first-order chi connectivity index (χ1) is 18.0. The monoisotopic (exact) mass is 513 g/mol. The summed E-state index contributed by atoms with van der Waals surface area (Å²) in [7, 11) is 0.737. The highest BCUT2D eigenvalue weighted by atomic mass is 32.2. The van der Waals surface area contributed by atoms with Crippen molar-refractivity contribution in [2.24, 2.45) is 0 Å². The Labute approximate surface area is 220 Å². The normalized spacial score (nSPS) is 20.6. The van der Waals surface area contributed by atoms with E-state index in [1.807, 2.05) is 24.3 Å². The van der Waals surface area contributed by atoms with Gasteiger partial charge in [0.2, 0.25) is 0 Å². The van der Waals surface area contributed by atoms with Crippen LogP contribution >= 0.6 is 0 Å². The number of rotatable bonds is 6. The minimum atomic E-state index is -1.48. The van der Waals surface area contributed by atoms with Crippen LogP contribution in [0.15, 0.2) is 78.9 Å². The standard InChI is InChI=1S/C30H31N3O3S/c1-32-21-30(26-4-2-3-5-27(26)32)14-16-33(17-15-30)19-22-6-8-23(9-7-22)20-36-25-12-10-24(11-13-25)28-18-29(34)31-37(28)35/h2-13,18H,14-17,19-21H2,1H3,(H,31,34). The summed E-state index contributed by atoms with van der Waals surface area (Å²) in [6.07, 6.45) is 3.79. The van der Waals surface area contributed by atoms with Crippen LogP contribution in [0.2, 0.25) is 0 Å². The number of likely N-dealkylation sites (tertiary alicyclic amines) is 1. The van der Waals surface area contributed by atoms with Crippen molar-refractivity contribution < 1.29 is 13.7 Å². The summed E-state index contributed by atoms with van der Waals surface area (Å²) in [5, 5.41) is 0. The van der Waals surface area contributed by atoms with Crippen LogP contribution in [0.3, 0.4) is 0 Å². The minimum absolute atomic E-state index is 0.306. The number of amides is 1. The fraction of sp³-hybridized carbons (Fsp3) is 0.300. The quantitative estimate of drug-likeness (QED) is 0.530. The molecule has 3 aromatic carbocycles. The van der Waals surface area contributed by atoms with E-state index in [1.54, 1.807) is 0 Å². The Bertz CT molecular complexity index is 1360. The molecular weight excluding hydrogens is 482 g/mol. The van der Waals surface area contributed by atoms with Gasteiger partial charge in [-0.3, -0.25) is 14.4 Å². The van der Waals surface area contributed by atoms with Crippen molar-refractivity contribution >= 4 is 27.5 Å². The second-order valence-corrected chi connectivity index (χ2v) is 11.5. The molecule has 1 fully saturated rings. The molecule has 3 aromatic rings. The molecule has 1 saturated heterocycles. The lowest BCUT2D eigenvalue weighted by atomic mass is 9.74. The number of para-hydroxylation sites is 1. The first-order valence-electron chi connectivity index (χ1n) is 12.8. The zero-order valence-corrected chi connectivity index (χ0v) is 21.8. The van der Waals surface area contributed by atoms with Crippen molar-refractivity contribution in [2.45, 2.75) is 31.4 Å². The van der Waals surface area contributed by atoms with Crippen molar-refractivity contribution in [1.29, 1.82) is 0 Å². The largest absolute Gasteiger partial charge is 0.489 e. The smallest absolute Gasteiger partial charge is 0.257 e. The third-order valence-corrected chi connectivity index (χ3v) is 9.01. The van der Waals surface area contributed by atoms with Crippen LogP contribution in [0.25, 0.3) is 4.91 Å². The van der Waals surface area contributed by atoms with Gasteiger partial charge in [0.05, 0.1) is 4.91 Å². The summed E-state index contributed by atoms with van der Waals surface area (Å²) in [6, 6.07) is 25.0. The van der Waals surface area contributed by atoms with Gasteiger partial charge >= 0.3 is 0 Å². The third kappa shape index (κ3) is 4.81. The van der Waals surface area contributed by atoms with Crippen LogP contribution in [0, 0.1) is 0 Å². The first kappa shape index (κ1) is 23.9. The van der Waals surface area contributed by atoms with Gasteiger partial charge in [0.15, 0.2) is 11.0 Å². The second kappa shape index (κ2) is 9.80. The molecule has 1 atom stereocenters. The molecule has 1 amide bonds. The Morgan fingerprint density at radius 3 is 2.35 bits per heavy atom. The van der Waals surface area contributed by atoms with Gasteiger partial charge in [-0.2, -0.15) is 0 Å². The van der Waals surface area contributed by atoms with Crippen LogP contribution in [-0.4, -0.2) is 41.7 Å². The van der Waals surface area contributed by atoms with E-state index in [2.05, 4.69) is 70.1 Å². The van der Waals surface area contributed by atoms with Crippen molar-refractivity contribution in [3.63, 3.8) is 0 Å². The number of piperidine rings is 1. The van der Waals surface area contributed by atoms with Crippen molar-refractivity contribution in [3.8, 4) is 5.75 Å². The fourth-order valence-electron chi connectivity index (χ4n) is 5.87. The molecule has 3 heterocycles. The van der Waals surface area contributed by atoms with Crippen molar-refractivity contribution in [1.82, 2.24) is 9.62 Å². The summed E-state index contributed by atoms with van der Waals surface area (Å²) < 4.78 is 20.2. The van der Waals surface area contributed by atoms with E-state index < -0.39 is 11.0 Å². The number of nitrogens with one attached hydrogen (secondary N) is 1. The lowest BCUT2D eigenvalue weighted by molar-refractivity contribution is -0.114. The average molecular weight is 514 g/mol. The van der Waals surface area contributed by atoms with Gasteiger partial charge in [0, 0.05) is 37.3 Å². The molecule has 0 saturated carbocycles. The Morgan fingerprint density at radius 1 is 0.946 bits per heavy atom. The second-order valence-electron chi connectivity index (χ2n) is 10.3. The molecule has 1 unspecified atom stereocenters. The predicted molar refractivity (Wildman–Crippen MR) is 147 cm³/mol. The van der Waals surface area contributed by atoms with Gasteiger partial charge in [-0.15, -0.1) is 0 Å². The topological polar surface area (TPSA) is 61.9 Å². The Hall–Kier alpha value is -3.42. The van der Waals surface area contributed by atoms with Gasteiger partial charge in [-0.05, 0) is 66.4 Å². The van der Waals surface area contributed by atoms with E-state index in [0.29, 0.717) is 16.9 Å². The highest BCUT2D eigenvalue weighted by Gasteiger charge is 2.43. The molecule has 6 rings (SSSR count). The van der Waals surface area contributed by atoms with Gasteiger partial charge in [-0.25, -0.2) is 4.21 Å². The molecule has 0 aliphatic carbocycles. The number of carbonyl (C=O) groups is 1. The number of fused-ring (bicyclic) bond motifs is 2. The van der Waals surface area contributed by atoms with E-state index in [-0.39, 0.29) is 5.91 Å². The van der Waals surface area contributed by atoms with Crippen molar-refractivity contribution in [3.05, 3.63) is 101 Å². The summed E-state index contributed by atoms with van der Waals surface area (Å²) in [6.45, 7) is 4.83. The molecule has 3 aliphatic heterocycles. The number of carbonyl (C=O) groups excluding carboxylic acids is 1. The highest BCUT2D eigenvalue weighted by Crippen LogP contribution is 2.46. The zero-order valence-electron chi connectivity index (χ0n) is 21.0. The van der Waals surface area contributed by atoms with Crippen molar-refractivity contribution in [2.75, 3.05) is 31.6 Å². The third-order valence-electron chi connectivity index (χ3n) is 7.87. The van der Waals surface area contributed by atoms with Crippen LogP contribution in [-0.2, 0) is 34.3 Å². The summed E-state index contributed by atoms with van der Waals surface area (Å²) in [5.41, 5.74) is 6.44. The molecule has 0 aromatic heterocycles. The maximum absolute atomic E-state index is 11.9. The Morgan fingerprint density at radius 2 is 1.65 bits per heavy atom. The minimum Gasteiger partial charge on any atom is -0.489 e. The fourth-order valence-corrected chi connectivity index (χ4v) is 6.78. The summed E-state index contributed by atoms with van der Waals surface area (Å²) in [4.78, 5) is 16.9. The summed E-state index contributed by atoms with van der Waals surface area (Å²) >= 11 is 0. The van der Waals surface area contributed by atoms with Gasteiger partial charge < -0.3 is 9.64 Å². The van der Waals surface area contributed by atoms with E-state index >= 15 is 0 Å². The number of anilines is 1. The molecule has 3 aliphatic rings. The molecule has 0 bridgehead atoms. The van der Waals surface area contributed by atoms with Gasteiger partial charge in [-0.1, -0.05) is 54.6 Å². The number of ether oxygens (including phenoxy) is 1. The van der Waals surface area contributed by atoms with E-state index in [9.17, 15) is 9.00 Å². The molecule has 1 spiro atoms. The summed E-state index contributed by atoms with van der Waals surface area (Å²) in [5.74, 6) is 0.409. The highest BCUT2D eigenvalue weighted by molar-refractivity contribution is 7.93. The number of nitrogens with zero attached hydrogens (tertiary/aromatic N) is 2. The van der Waals surface area contributed by atoms with Crippen LogP contribution in [0.4, 0.5) is 5.69 Å². The maximum atomic E-state index is 11.9. The number of benzene rings is 3. The average Bonchev–Trinajstić information content (AvgIpc) is 3.40. The first-order valence-corrected chi connectivity index (χ1v) is 13.9. The molecule has 37 heavy (non-hydrogen) atoms. The molecule has 6 nitrogen and oxygen atoms in total.